The van der Waals surface area contributed by atoms with Crippen LogP contribution in [0.4, 0.5) is 10.5 Å². The van der Waals surface area contributed by atoms with Crippen LogP contribution in [0.3, 0.4) is 0 Å². The standard InChI is InChI=1S/C21H17BrN2O7/c1-2-30-16-10-12(9-15(22)18(16)31-11-17(25)26)8-14-19(27)23-21(29)24(20(14)28)13-6-4-3-5-7-13/h3-10H,2,11H2,1H3,(H,25,26)(H,23,27,29)/b14-8+. The number of carbonyl (C=O) groups is 4. The quantitative estimate of drug-likeness (QED) is 0.453. The molecule has 0 saturated carbocycles. The van der Waals surface area contributed by atoms with E-state index in [4.69, 9.17) is 14.6 Å². The summed E-state index contributed by atoms with van der Waals surface area (Å²) in [5.74, 6) is -2.37. The summed E-state index contributed by atoms with van der Waals surface area (Å²) in [5.41, 5.74) is 0.466. The number of aliphatic carboxylic acids is 1. The van der Waals surface area contributed by atoms with Crippen molar-refractivity contribution >= 4 is 51.5 Å². The number of nitrogens with zero attached hydrogens (tertiary/aromatic N) is 1. The van der Waals surface area contributed by atoms with E-state index in [1.165, 1.54) is 18.2 Å². The highest BCUT2D eigenvalue weighted by Crippen LogP contribution is 2.37. The second-order valence-corrected chi connectivity index (χ2v) is 7.09. The first-order valence-electron chi connectivity index (χ1n) is 9.09. The molecule has 1 aliphatic rings. The highest BCUT2D eigenvalue weighted by Gasteiger charge is 2.36. The lowest BCUT2D eigenvalue weighted by Gasteiger charge is -2.26. The van der Waals surface area contributed by atoms with Crippen molar-refractivity contribution in [2.75, 3.05) is 18.1 Å². The molecular weight excluding hydrogens is 472 g/mol. The highest BCUT2D eigenvalue weighted by molar-refractivity contribution is 9.10. The van der Waals surface area contributed by atoms with Crippen LogP contribution in [0.1, 0.15) is 12.5 Å². The third-order valence-electron chi connectivity index (χ3n) is 4.10. The number of amides is 4. The van der Waals surface area contributed by atoms with Crippen LogP contribution in [0, 0.1) is 0 Å². The summed E-state index contributed by atoms with van der Waals surface area (Å²) in [5, 5.41) is 11.0. The zero-order valence-corrected chi connectivity index (χ0v) is 17.8. The molecule has 9 nitrogen and oxygen atoms in total. The fourth-order valence-corrected chi connectivity index (χ4v) is 3.42. The predicted molar refractivity (Wildman–Crippen MR) is 114 cm³/mol. The number of imide groups is 2. The lowest BCUT2D eigenvalue weighted by Crippen LogP contribution is -2.54. The first kappa shape index (κ1) is 22.0. The minimum atomic E-state index is -1.16. The van der Waals surface area contributed by atoms with Crippen molar-refractivity contribution < 1.29 is 33.8 Å². The Balaban J connectivity index is 2.00. The van der Waals surface area contributed by atoms with Gasteiger partial charge in [0.25, 0.3) is 11.8 Å². The van der Waals surface area contributed by atoms with E-state index in [0.29, 0.717) is 15.7 Å². The number of nitrogens with one attached hydrogen (secondary N) is 1. The van der Waals surface area contributed by atoms with Crippen molar-refractivity contribution in [1.29, 1.82) is 0 Å². The van der Waals surface area contributed by atoms with Gasteiger partial charge in [0, 0.05) is 0 Å². The number of hydrogen-bond donors (Lipinski definition) is 2. The summed E-state index contributed by atoms with van der Waals surface area (Å²) in [6.07, 6.45) is 1.31. The van der Waals surface area contributed by atoms with E-state index in [-0.39, 0.29) is 23.7 Å². The van der Waals surface area contributed by atoms with Crippen molar-refractivity contribution in [2.45, 2.75) is 6.92 Å². The number of ether oxygens (including phenoxy) is 2. The molecule has 1 fully saturated rings. The number of hydrogen-bond acceptors (Lipinski definition) is 6. The molecule has 1 aliphatic heterocycles. The van der Waals surface area contributed by atoms with Gasteiger partial charge in [0.05, 0.1) is 16.8 Å². The lowest BCUT2D eigenvalue weighted by atomic mass is 10.1. The monoisotopic (exact) mass is 488 g/mol. The van der Waals surface area contributed by atoms with Gasteiger partial charge in [-0.2, -0.15) is 0 Å². The van der Waals surface area contributed by atoms with Crippen LogP contribution in [0.25, 0.3) is 6.08 Å². The fourth-order valence-electron chi connectivity index (χ4n) is 2.84. The maximum atomic E-state index is 12.9. The number of halogens is 1. The Morgan fingerprint density at radius 2 is 1.87 bits per heavy atom. The van der Waals surface area contributed by atoms with Gasteiger partial charge < -0.3 is 14.6 Å². The number of carbonyl (C=O) groups excluding carboxylic acids is 3. The molecule has 0 atom stereocenters. The van der Waals surface area contributed by atoms with E-state index in [0.717, 1.165) is 4.90 Å². The number of carboxylic acid groups (broad SMARTS) is 1. The van der Waals surface area contributed by atoms with Crippen LogP contribution in [0.2, 0.25) is 0 Å². The van der Waals surface area contributed by atoms with Gasteiger partial charge >= 0.3 is 12.0 Å². The lowest BCUT2D eigenvalue weighted by molar-refractivity contribution is -0.139. The Labute approximate surface area is 185 Å². The van der Waals surface area contributed by atoms with Gasteiger partial charge in [0.15, 0.2) is 18.1 Å². The summed E-state index contributed by atoms with van der Waals surface area (Å²) in [4.78, 5) is 49.2. The third-order valence-corrected chi connectivity index (χ3v) is 4.69. The smallest absolute Gasteiger partial charge is 0.341 e. The Morgan fingerprint density at radius 3 is 2.52 bits per heavy atom. The normalized spacial score (nSPS) is 15.1. The third kappa shape index (κ3) is 4.92. The highest BCUT2D eigenvalue weighted by atomic mass is 79.9. The molecule has 3 rings (SSSR count). The summed E-state index contributed by atoms with van der Waals surface area (Å²) in [6.45, 7) is 1.43. The van der Waals surface area contributed by atoms with Crippen molar-refractivity contribution in [1.82, 2.24) is 5.32 Å². The maximum absolute atomic E-state index is 12.9. The molecule has 2 aromatic rings. The summed E-state index contributed by atoms with van der Waals surface area (Å²) in [7, 11) is 0. The Hall–Kier alpha value is -3.66. The van der Waals surface area contributed by atoms with E-state index >= 15 is 0 Å². The van der Waals surface area contributed by atoms with Gasteiger partial charge in [0.2, 0.25) is 0 Å². The average Bonchev–Trinajstić information content (AvgIpc) is 2.71. The number of barbiturate groups is 1. The molecule has 0 bridgehead atoms. The van der Waals surface area contributed by atoms with E-state index in [1.54, 1.807) is 37.3 Å². The fraction of sp³-hybridized carbons (Fsp3) is 0.143. The molecule has 0 radical (unpaired) electrons. The zero-order chi connectivity index (χ0) is 22.5. The molecular formula is C21H17BrN2O7. The van der Waals surface area contributed by atoms with Gasteiger partial charge in [-0.3, -0.25) is 14.9 Å². The Bertz CT molecular complexity index is 1080. The number of urea groups is 1. The molecule has 2 N–H and O–H groups in total. The first-order chi connectivity index (χ1) is 14.8. The minimum absolute atomic E-state index is 0.173. The second-order valence-electron chi connectivity index (χ2n) is 6.24. The molecule has 0 aromatic heterocycles. The molecule has 1 saturated heterocycles. The first-order valence-corrected chi connectivity index (χ1v) is 9.88. The molecule has 0 spiro atoms. The summed E-state index contributed by atoms with van der Waals surface area (Å²) >= 11 is 3.29. The van der Waals surface area contributed by atoms with Crippen LogP contribution in [0.5, 0.6) is 11.5 Å². The van der Waals surface area contributed by atoms with Crippen LogP contribution in [-0.4, -0.2) is 42.1 Å². The maximum Gasteiger partial charge on any atom is 0.341 e. The largest absolute Gasteiger partial charge is 0.490 e. The molecule has 10 heteroatoms. The van der Waals surface area contributed by atoms with Gasteiger partial charge in [-0.05, 0) is 58.8 Å². The summed E-state index contributed by atoms with van der Waals surface area (Å²) in [6, 6.07) is 10.4. The van der Waals surface area contributed by atoms with E-state index in [9.17, 15) is 19.2 Å². The van der Waals surface area contributed by atoms with E-state index in [2.05, 4.69) is 21.2 Å². The zero-order valence-electron chi connectivity index (χ0n) is 16.3. The van der Waals surface area contributed by atoms with E-state index in [1.807, 2.05) is 0 Å². The molecule has 0 aliphatic carbocycles. The van der Waals surface area contributed by atoms with Crippen molar-refractivity contribution in [3.05, 3.63) is 58.1 Å². The van der Waals surface area contributed by atoms with Crippen LogP contribution in [-0.2, 0) is 14.4 Å². The number of para-hydroxylation sites is 1. The van der Waals surface area contributed by atoms with Crippen LogP contribution >= 0.6 is 15.9 Å². The minimum Gasteiger partial charge on any atom is -0.490 e. The van der Waals surface area contributed by atoms with Crippen molar-refractivity contribution in [2.24, 2.45) is 0 Å². The Morgan fingerprint density at radius 1 is 1.16 bits per heavy atom. The molecule has 2 aromatic carbocycles. The van der Waals surface area contributed by atoms with E-state index < -0.39 is 30.4 Å². The topological polar surface area (TPSA) is 122 Å². The van der Waals surface area contributed by atoms with Gasteiger partial charge in [0.1, 0.15) is 5.57 Å². The SMILES string of the molecule is CCOc1cc(/C=C2\C(=O)NC(=O)N(c3ccccc3)C2=O)cc(Br)c1OCC(=O)O. The van der Waals surface area contributed by atoms with Crippen molar-refractivity contribution in [3.63, 3.8) is 0 Å². The molecule has 4 amide bonds. The number of rotatable bonds is 7. The molecule has 0 unspecified atom stereocenters. The van der Waals surface area contributed by atoms with Gasteiger partial charge in [-0.1, -0.05) is 18.2 Å². The van der Waals surface area contributed by atoms with Gasteiger partial charge in [-0.25, -0.2) is 14.5 Å². The second kappa shape index (κ2) is 9.43. The average molecular weight is 489 g/mol. The summed E-state index contributed by atoms with van der Waals surface area (Å²) < 4.78 is 11.1. The molecule has 31 heavy (non-hydrogen) atoms. The van der Waals surface area contributed by atoms with Gasteiger partial charge in [-0.15, -0.1) is 0 Å². The predicted octanol–water partition coefficient (Wildman–Crippen LogP) is 2.98. The number of benzene rings is 2. The number of carboxylic acids is 1. The van der Waals surface area contributed by atoms with Crippen molar-refractivity contribution in [3.8, 4) is 11.5 Å². The number of anilines is 1. The Kier molecular flexibility index (Phi) is 6.71. The van der Waals surface area contributed by atoms with Crippen LogP contribution < -0.4 is 19.7 Å². The molecule has 160 valence electrons. The molecule has 1 heterocycles. The van der Waals surface area contributed by atoms with Crippen LogP contribution in [0.15, 0.2) is 52.5 Å².